The van der Waals surface area contributed by atoms with Crippen molar-refractivity contribution in [1.29, 1.82) is 0 Å². The monoisotopic (exact) mass is 331 g/mol. The predicted octanol–water partition coefficient (Wildman–Crippen LogP) is 3.32. The van der Waals surface area contributed by atoms with E-state index in [1.54, 1.807) is 6.92 Å². The molecule has 0 aliphatic rings. The van der Waals surface area contributed by atoms with Crippen molar-refractivity contribution in [3.63, 3.8) is 0 Å². The van der Waals surface area contributed by atoms with Crippen molar-refractivity contribution < 1.29 is 9.59 Å². The van der Waals surface area contributed by atoms with E-state index in [1.165, 1.54) is 11.3 Å². The number of carbonyl (C=O) groups excluding carboxylic acids is 2. The van der Waals surface area contributed by atoms with Gasteiger partial charge in [0.05, 0.1) is 5.69 Å². The third-order valence-corrected chi connectivity index (χ3v) is 4.88. The highest BCUT2D eigenvalue weighted by Crippen LogP contribution is 2.27. The lowest BCUT2D eigenvalue weighted by Crippen LogP contribution is -2.44. The molecule has 0 spiro atoms. The number of aromatic nitrogens is 1. The minimum Gasteiger partial charge on any atom is -0.273 e. The first-order chi connectivity index (χ1) is 11.1. The first-order valence-corrected chi connectivity index (χ1v) is 8.51. The molecule has 0 unspecified atom stereocenters. The van der Waals surface area contributed by atoms with Gasteiger partial charge in [-0.2, -0.15) is 0 Å². The molecule has 2 amide bonds. The van der Waals surface area contributed by atoms with Crippen molar-refractivity contribution in [2.45, 2.75) is 33.6 Å². The van der Waals surface area contributed by atoms with Crippen LogP contribution in [0.3, 0.4) is 0 Å². The third-order valence-electron chi connectivity index (χ3n) is 3.68. The van der Waals surface area contributed by atoms with Crippen LogP contribution in [-0.4, -0.2) is 16.8 Å². The number of aryl methyl sites for hydroxylation is 1. The number of hydrogen-bond acceptors (Lipinski definition) is 4. The zero-order chi connectivity index (χ0) is 16.8. The average Bonchev–Trinajstić information content (AvgIpc) is 2.96. The van der Waals surface area contributed by atoms with Crippen molar-refractivity contribution in [3.05, 3.63) is 40.9 Å². The summed E-state index contributed by atoms with van der Waals surface area (Å²) < 4.78 is 0. The molecule has 0 saturated carbocycles. The van der Waals surface area contributed by atoms with E-state index in [-0.39, 0.29) is 17.7 Å². The second-order valence-electron chi connectivity index (χ2n) is 5.26. The number of nitrogens with one attached hydrogen (secondary N) is 2. The van der Waals surface area contributed by atoms with Crippen LogP contribution in [0.15, 0.2) is 30.3 Å². The summed E-state index contributed by atoms with van der Waals surface area (Å²) in [6, 6.07) is 9.71. The highest BCUT2D eigenvalue weighted by molar-refractivity contribution is 7.17. The minimum atomic E-state index is -0.332. The van der Waals surface area contributed by atoms with Crippen LogP contribution in [0.5, 0.6) is 0 Å². The summed E-state index contributed by atoms with van der Waals surface area (Å²) in [5.74, 6) is -0.576. The fourth-order valence-electron chi connectivity index (χ4n) is 2.25. The molecule has 1 aromatic carbocycles. The Morgan fingerprint density at radius 1 is 1.13 bits per heavy atom. The molecule has 1 aromatic heterocycles. The maximum Gasteiger partial charge on any atom is 0.281 e. The summed E-state index contributed by atoms with van der Waals surface area (Å²) in [5, 5.41) is 0.791. The standard InChI is InChI=1S/C17H21N3O2S/c1-4-12(5-2)15(21)19-20-16(22)14-11(3)18-17(23-14)13-9-7-6-8-10-13/h6-10,12H,4-5H2,1-3H3,(H,19,21)(H,20,22). The molecule has 6 heteroatoms. The number of carbonyl (C=O) groups is 2. The van der Waals surface area contributed by atoms with Gasteiger partial charge >= 0.3 is 0 Å². The van der Waals surface area contributed by atoms with Crippen molar-refractivity contribution >= 4 is 23.2 Å². The molecule has 0 aliphatic heterocycles. The number of hydrazine groups is 1. The molecule has 0 radical (unpaired) electrons. The molecular weight excluding hydrogens is 310 g/mol. The second kappa shape index (κ2) is 7.87. The lowest BCUT2D eigenvalue weighted by atomic mass is 10.0. The molecule has 0 bridgehead atoms. The van der Waals surface area contributed by atoms with E-state index < -0.39 is 0 Å². The van der Waals surface area contributed by atoms with Gasteiger partial charge in [0.2, 0.25) is 5.91 Å². The third kappa shape index (κ3) is 4.16. The zero-order valence-corrected chi connectivity index (χ0v) is 14.4. The van der Waals surface area contributed by atoms with Crippen LogP contribution in [-0.2, 0) is 4.79 Å². The fourth-order valence-corrected chi connectivity index (χ4v) is 3.21. The summed E-state index contributed by atoms with van der Waals surface area (Å²) in [6.45, 7) is 5.70. The first kappa shape index (κ1) is 17.1. The number of benzene rings is 1. The van der Waals surface area contributed by atoms with Gasteiger partial charge in [-0.05, 0) is 19.8 Å². The van der Waals surface area contributed by atoms with Gasteiger partial charge in [-0.3, -0.25) is 20.4 Å². The summed E-state index contributed by atoms with van der Waals surface area (Å²) in [4.78, 5) is 29.1. The zero-order valence-electron chi connectivity index (χ0n) is 13.6. The van der Waals surface area contributed by atoms with Gasteiger partial charge in [-0.1, -0.05) is 44.2 Å². The fraction of sp³-hybridized carbons (Fsp3) is 0.353. The number of nitrogens with zero attached hydrogens (tertiary/aromatic N) is 1. The molecule has 0 fully saturated rings. The van der Waals surface area contributed by atoms with Gasteiger partial charge in [-0.15, -0.1) is 11.3 Å². The van der Waals surface area contributed by atoms with Crippen LogP contribution >= 0.6 is 11.3 Å². The first-order valence-electron chi connectivity index (χ1n) is 7.69. The molecule has 0 atom stereocenters. The Balaban J connectivity index is 2.06. The van der Waals surface area contributed by atoms with E-state index >= 15 is 0 Å². The SMILES string of the molecule is CCC(CC)C(=O)NNC(=O)c1sc(-c2ccccc2)nc1C. The lowest BCUT2D eigenvalue weighted by Gasteiger charge is -2.12. The summed E-state index contributed by atoms with van der Waals surface area (Å²) in [7, 11) is 0. The van der Waals surface area contributed by atoms with Gasteiger partial charge < -0.3 is 0 Å². The Morgan fingerprint density at radius 2 is 1.78 bits per heavy atom. The van der Waals surface area contributed by atoms with Crippen molar-refractivity contribution in [3.8, 4) is 10.6 Å². The van der Waals surface area contributed by atoms with Gasteiger partial charge in [0.1, 0.15) is 9.88 Å². The number of thiazole rings is 1. The molecule has 1 heterocycles. The predicted molar refractivity (Wildman–Crippen MR) is 92.0 cm³/mol. The lowest BCUT2D eigenvalue weighted by molar-refractivity contribution is -0.125. The van der Waals surface area contributed by atoms with Crippen LogP contribution in [0.4, 0.5) is 0 Å². The maximum absolute atomic E-state index is 12.3. The van der Waals surface area contributed by atoms with Gasteiger partial charge in [0, 0.05) is 11.5 Å². The van der Waals surface area contributed by atoms with Crippen LogP contribution < -0.4 is 10.9 Å². The Hall–Kier alpha value is -2.21. The van der Waals surface area contributed by atoms with Crippen LogP contribution in [0.1, 0.15) is 42.1 Å². The van der Waals surface area contributed by atoms with Crippen LogP contribution in [0.25, 0.3) is 10.6 Å². The Kier molecular flexibility index (Phi) is 5.87. The number of rotatable bonds is 5. The van der Waals surface area contributed by atoms with E-state index in [2.05, 4.69) is 15.8 Å². The molecule has 122 valence electrons. The highest BCUT2D eigenvalue weighted by Gasteiger charge is 2.18. The van der Waals surface area contributed by atoms with E-state index in [0.29, 0.717) is 10.6 Å². The smallest absolute Gasteiger partial charge is 0.273 e. The molecule has 2 N–H and O–H groups in total. The average molecular weight is 331 g/mol. The molecule has 5 nitrogen and oxygen atoms in total. The normalized spacial score (nSPS) is 10.6. The van der Waals surface area contributed by atoms with Gasteiger partial charge in [0.25, 0.3) is 5.91 Å². The van der Waals surface area contributed by atoms with Gasteiger partial charge in [0.15, 0.2) is 0 Å². The summed E-state index contributed by atoms with van der Waals surface area (Å²) in [5.41, 5.74) is 6.61. The maximum atomic E-state index is 12.3. The molecular formula is C17H21N3O2S. The summed E-state index contributed by atoms with van der Waals surface area (Å²) >= 11 is 1.32. The minimum absolute atomic E-state index is 0.0854. The van der Waals surface area contributed by atoms with Gasteiger partial charge in [-0.25, -0.2) is 4.98 Å². The van der Waals surface area contributed by atoms with E-state index in [9.17, 15) is 9.59 Å². The molecule has 2 aromatic rings. The molecule has 0 saturated heterocycles. The topological polar surface area (TPSA) is 71.1 Å². The van der Waals surface area contributed by atoms with Crippen molar-refractivity contribution in [1.82, 2.24) is 15.8 Å². The second-order valence-corrected chi connectivity index (χ2v) is 6.26. The van der Waals surface area contributed by atoms with Crippen molar-refractivity contribution in [2.75, 3.05) is 0 Å². The Morgan fingerprint density at radius 3 is 2.39 bits per heavy atom. The molecule has 0 aliphatic carbocycles. The summed E-state index contributed by atoms with van der Waals surface area (Å²) in [6.07, 6.45) is 1.49. The van der Waals surface area contributed by atoms with Crippen LogP contribution in [0.2, 0.25) is 0 Å². The molecule has 2 rings (SSSR count). The Labute approximate surface area is 140 Å². The highest BCUT2D eigenvalue weighted by atomic mass is 32.1. The Bertz CT molecular complexity index is 678. The number of amides is 2. The van der Waals surface area contributed by atoms with Crippen LogP contribution in [0, 0.1) is 12.8 Å². The van der Waals surface area contributed by atoms with E-state index in [0.717, 1.165) is 23.4 Å². The van der Waals surface area contributed by atoms with Crippen molar-refractivity contribution in [2.24, 2.45) is 5.92 Å². The van der Waals surface area contributed by atoms with E-state index in [4.69, 9.17) is 0 Å². The quantitative estimate of drug-likeness (QED) is 0.826. The van der Waals surface area contributed by atoms with E-state index in [1.807, 2.05) is 44.2 Å². The largest absolute Gasteiger partial charge is 0.281 e. The molecule has 23 heavy (non-hydrogen) atoms. The number of hydrogen-bond donors (Lipinski definition) is 2.